The second kappa shape index (κ2) is 7.05. The lowest BCUT2D eigenvalue weighted by Gasteiger charge is -2.36. The van der Waals surface area contributed by atoms with Crippen molar-refractivity contribution in [1.29, 1.82) is 0 Å². The van der Waals surface area contributed by atoms with Gasteiger partial charge in [0.2, 0.25) is 0 Å². The van der Waals surface area contributed by atoms with Crippen molar-refractivity contribution in [1.82, 2.24) is 19.7 Å². The molecular weight excluding hydrogens is 328 g/mol. The zero-order valence-electron chi connectivity index (χ0n) is 15.6. The summed E-state index contributed by atoms with van der Waals surface area (Å²) in [6.45, 7) is 8.43. The highest BCUT2D eigenvalue weighted by Crippen LogP contribution is 2.28. The molecule has 0 atom stereocenters. The van der Waals surface area contributed by atoms with E-state index >= 15 is 0 Å². The number of rotatable bonds is 4. The Morgan fingerprint density at radius 2 is 1.81 bits per heavy atom. The van der Waals surface area contributed by atoms with E-state index in [1.807, 2.05) is 6.07 Å². The molecule has 1 saturated heterocycles. The molecule has 7 heteroatoms. The number of aryl methyl sites for hydroxylation is 1. The highest BCUT2D eigenvalue weighted by Gasteiger charge is 2.25. The van der Waals surface area contributed by atoms with Crippen molar-refractivity contribution in [2.45, 2.75) is 39.7 Å². The molecule has 0 bridgehead atoms. The van der Waals surface area contributed by atoms with Crippen LogP contribution in [0.25, 0.3) is 0 Å². The predicted molar refractivity (Wildman–Crippen MR) is 102 cm³/mol. The van der Waals surface area contributed by atoms with E-state index in [9.17, 15) is 4.79 Å². The Morgan fingerprint density at radius 3 is 2.58 bits per heavy atom. The fraction of sp³-hybridized carbons (Fsp3) is 0.579. The van der Waals surface area contributed by atoms with Crippen molar-refractivity contribution in [3.05, 3.63) is 40.1 Å². The summed E-state index contributed by atoms with van der Waals surface area (Å²) in [6, 6.07) is 3.48. The third-order valence-electron chi connectivity index (χ3n) is 5.15. The van der Waals surface area contributed by atoms with Crippen LogP contribution in [0.3, 0.4) is 0 Å². The minimum atomic E-state index is -0.0300. The Hall–Kier alpha value is -2.44. The zero-order valence-corrected chi connectivity index (χ0v) is 15.6. The smallest absolute Gasteiger partial charge is 0.266 e. The summed E-state index contributed by atoms with van der Waals surface area (Å²) < 4.78 is 1.59. The van der Waals surface area contributed by atoms with Crippen molar-refractivity contribution in [2.75, 3.05) is 36.0 Å². The first kappa shape index (κ1) is 17.0. The molecule has 7 nitrogen and oxygen atoms in total. The van der Waals surface area contributed by atoms with Gasteiger partial charge >= 0.3 is 0 Å². The summed E-state index contributed by atoms with van der Waals surface area (Å²) in [5.74, 6) is 2.40. The molecule has 138 valence electrons. The van der Waals surface area contributed by atoms with Crippen LogP contribution in [-0.4, -0.2) is 45.9 Å². The van der Waals surface area contributed by atoms with Gasteiger partial charge in [-0.05, 0) is 31.2 Å². The maximum atomic E-state index is 12.0. The summed E-state index contributed by atoms with van der Waals surface area (Å²) >= 11 is 0. The van der Waals surface area contributed by atoms with Gasteiger partial charge in [-0.1, -0.05) is 13.8 Å². The summed E-state index contributed by atoms with van der Waals surface area (Å²) in [6.07, 6.45) is 5.05. The normalized spacial score (nSPS) is 17.0. The highest BCUT2D eigenvalue weighted by molar-refractivity contribution is 5.52. The van der Waals surface area contributed by atoms with Gasteiger partial charge in [0.05, 0.1) is 0 Å². The second-order valence-corrected chi connectivity index (χ2v) is 7.56. The second-order valence-electron chi connectivity index (χ2n) is 7.56. The van der Waals surface area contributed by atoms with E-state index in [4.69, 9.17) is 0 Å². The molecule has 0 N–H and O–H groups in total. The average Bonchev–Trinajstić information content (AvgIpc) is 3.12. The summed E-state index contributed by atoms with van der Waals surface area (Å²) in [5.41, 5.74) is 2.53. The predicted octanol–water partition coefficient (Wildman–Crippen LogP) is 1.50. The lowest BCUT2D eigenvalue weighted by Crippen LogP contribution is -2.48. The van der Waals surface area contributed by atoms with E-state index in [2.05, 4.69) is 38.7 Å². The molecule has 0 spiro atoms. The Morgan fingerprint density at radius 1 is 1.04 bits per heavy atom. The van der Waals surface area contributed by atoms with Crippen LogP contribution in [0.5, 0.6) is 0 Å². The van der Waals surface area contributed by atoms with E-state index in [0.717, 1.165) is 50.7 Å². The molecule has 0 aromatic carbocycles. The minimum absolute atomic E-state index is 0.0300. The number of fused-ring (bicyclic) bond motifs is 1. The monoisotopic (exact) mass is 354 g/mol. The van der Waals surface area contributed by atoms with E-state index in [1.54, 1.807) is 17.1 Å². The van der Waals surface area contributed by atoms with Crippen molar-refractivity contribution < 1.29 is 0 Å². The molecule has 2 aromatic heterocycles. The molecule has 1 fully saturated rings. The molecule has 0 amide bonds. The van der Waals surface area contributed by atoms with Gasteiger partial charge in [0.1, 0.15) is 18.0 Å². The van der Waals surface area contributed by atoms with Crippen LogP contribution in [-0.2, 0) is 19.4 Å². The van der Waals surface area contributed by atoms with Crippen LogP contribution >= 0.6 is 0 Å². The minimum Gasteiger partial charge on any atom is -0.353 e. The quantitative estimate of drug-likeness (QED) is 0.829. The van der Waals surface area contributed by atoms with Crippen LogP contribution in [0, 0.1) is 5.92 Å². The van der Waals surface area contributed by atoms with Gasteiger partial charge in [-0.25, -0.2) is 14.6 Å². The number of hydrogen-bond donors (Lipinski definition) is 0. The number of anilines is 2. The van der Waals surface area contributed by atoms with Crippen molar-refractivity contribution in [2.24, 2.45) is 5.92 Å². The molecule has 26 heavy (non-hydrogen) atoms. The summed E-state index contributed by atoms with van der Waals surface area (Å²) in [4.78, 5) is 25.6. The summed E-state index contributed by atoms with van der Waals surface area (Å²) in [7, 11) is 0. The van der Waals surface area contributed by atoms with E-state index in [-0.39, 0.29) is 5.56 Å². The number of aromatic nitrogens is 4. The van der Waals surface area contributed by atoms with Gasteiger partial charge in [-0.15, -0.1) is 0 Å². The first-order valence-corrected chi connectivity index (χ1v) is 9.52. The fourth-order valence-electron chi connectivity index (χ4n) is 3.85. The molecule has 1 aliphatic heterocycles. The molecular formula is C19H26N6O. The van der Waals surface area contributed by atoms with Gasteiger partial charge in [-0.2, -0.15) is 5.10 Å². The van der Waals surface area contributed by atoms with Gasteiger partial charge < -0.3 is 9.80 Å². The first-order chi connectivity index (χ1) is 12.6. The Bertz CT molecular complexity index is 838. The molecule has 0 radical (unpaired) electrons. The average molecular weight is 354 g/mol. The van der Waals surface area contributed by atoms with Crippen molar-refractivity contribution in [3.8, 4) is 0 Å². The molecule has 3 heterocycles. The summed E-state index contributed by atoms with van der Waals surface area (Å²) in [5, 5.41) is 4.58. The lowest BCUT2D eigenvalue weighted by molar-refractivity contribution is 0.461. The molecule has 0 unspecified atom stereocenters. The maximum absolute atomic E-state index is 12.0. The third kappa shape index (κ3) is 3.30. The third-order valence-corrected chi connectivity index (χ3v) is 5.15. The van der Waals surface area contributed by atoms with Crippen molar-refractivity contribution in [3.63, 3.8) is 0 Å². The van der Waals surface area contributed by atoms with Crippen LogP contribution in [0.15, 0.2) is 23.3 Å². The number of hydrogen-bond acceptors (Lipinski definition) is 6. The van der Waals surface area contributed by atoms with Crippen LogP contribution in [0.4, 0.5) is 11.6 Å². The van der Waals surface area contributed by atoms with E-state index < -0.39 is 0 Å². The van der Waals surface area contributed by atoms with Gasteiger partial charge in [0.25, 0.3) is 5.56 Å². The van der Waals surface area contributed by atoms with Gasteiger partial charge in [0, 0.05) is 50.0 Å². The topological polar surface area (TPSA) is 67.2 Å². The molecule has 0 saturated carbocycles. The molecule has 4 rings (SSSR count). The van der Waals surface area contributed by atoms with E-state index in [0.29, 0.717) is 12.5 Å². The first-order valence-electron chi connectivity index (χ1n) is 9.52. The van der Waals surface area contributed by atoms with Crippen LogP contribution < -0.4 is 15.4 Å². The Kier molecular flexibility index (Phi) is 4.61. The molecule has 1 aliphatic carbocycles. The fourth-order valence-corrected chi connectivity index (χ4v) is 3.85. The SMILES string of the molecule is CC(C)Cn1nc(N2CCN(c3ncnc4c3CCC4)CC2)ccc1=O. The highest BCUT2D eigenvalue weighted by atomic mass is 16.1. The van der Waals surface area contributed by atoms with Gasteiger partial charge in [0.15, 0.2) is 0 Å². The largest absolute Gasteiger partial charge is 0.353 e. The Balaban J connectivity index is 1.47. The molecule has 2 aliphatic rings. The van der Waals surface area contributed by atoms with Crippen LogP contribution in [0.2, 0.25) is 0 Å². The maximum Gasteiger partial charge on any atom is 0.266 e. The van der Waals surface area contributed by atoms with Crippen LogP contribution in [0.1, 0.15) is 31.5 Å². The zero-order chi connectivity index (χ0) is 18.1. The Labute approximate surface area is 153 Å². The standard InChI is InChI=1S/C19H26N6O/c1-14(2)12-25-18(26)7-6-17(22-25)23-8-10-24(11-9-23)19-15-4-3-5-16(15)20-13-21-19/h6-7,13-14H,3-5,8-12H2,1-2H3. The van der Waals surface area contributed by atoms with E-state index in [1.165, 1.54) is 17.7 Å². The number of nitrogens with zero attached hydrogens (tertiary/aromatic N) is 6. The molecule has 2 aromatic rings. The number of piperazine rings is 1. The van der Waals surface area contributed by atoms with Crippen molar-refractivity contribution >= 4 is 11.6 Å². The van der Waals surface area contributed by atoms with Gasteiger partial charge in [-0.3, -0.25) is 4.79 Å². The lowest BCUT2D eigenvalue weighted by atomic mass is 10.2.